The molecule has 0 heterocycles. The molecule has 0 aliphatic heterocycles. The molecule has 0 bridgehead atoms. The van der Waals surface area contributed by atoms with Gasteiger partial charge in [0.15, 0.2) is 6.10 Å². The normalized spacial score (nSPS) is 11.8. The van der Waals surface area contributed by atoms with Crippen molar-refractivity contribution >= 4 is 28.9 Å². The van der Waals surface area contributed by atoms with Crippen LogP contribution in [0.5, 0.6) is 5.75 Å². The first kappa shape index (κ1) is 15.2. The molecule has 4 nitrogen and oxygen atoms in total. The van der Waals surface area contributed by atoms with Crippen molar-refractivity contribution < 1.29 is 9.53 Å². The highest BCUT2D eigenvalue weighted by molar-refractivity contribution is 6.30. The minimum absolute atomic E-state index is 0.237. The molecule has 1 atom stereocenters. The Balaban J connectivity index is 2.02. The summed E-state index contributed by atoms with van der Waals surface area (Å²) in [5.41, 5.74) is 7.98. The van der Waals surface area contributed by atoms with E-state index in [9.17, 15) is 4.79 Å². The zero-order valence-electron chi connectivity index (χ0n) is 11.9. The van der Waals surface area contributed by atoms with Crippen LogP contribution in [0.15, 0.2) is 42.5 Å². The SMILES string of the molecule is Cc1c(N)cccc1NC(=O)C(C)Oc1ccc(Cl)cc1. The van der Waals surface area contributed by atoms with Crippen LogP contribution in [-0.2, 0) is 4.79 Å². The highest BCUT2D eigenvalue weighted by Crippen LogP contribution is 2.21. The number of carbonyl (C=O) groups excluding carboxylic acids is 1. The van der Waals surface area contributed by atoms with Gasteiger partial charge in [0.2, 0.25) is 0 Å². The van der Waals surface area contributed by atoms with Crippen LogP contribution in [-0.4, -0.2) is 12.0 Å². The first-order chi connectivity index (χ1) is 9.97. The van der Waals surface area contributed by atoms with Gasteiger partial charge in [0.1, 0.15) is 5.75 Å². The van der Waals surface area contributed by atoms with Gasteiger partial charge in [-0.2, -0.15) is 0 Å². The van der Waals surface area contributed by atoms with E-state index >= 15 is 0 Å². The Hall–Kier alpha value is -2.20. The lowest BCUT2D eigenvalue weighted by molar-refractivity contribution is -0.122. The van der Waals surface area contributed by atoms with Crippen molar-refractivity contribution in [2.24, 2.45) is 0 Å². The summed E-state index contributed by atoms with van der Waals surface area (Å²) in [5, 5.41) is 3.43. The summed E-state index contributed by atoms with van der Waals surface area (Å²) in [6, 6.07) is 12.3. The lowest BCUT2D eigenvalue weighted by Gasteiger charge is -2.16. The van der Waals surface area contributed by atoms with Crippen molar-refractivity contribution in [3.63, 3.8) is 0 Å². The minimum Gasteiger partial charge on any atom is -0.481 e. The second-order valence-electron chi connectivity index (χ2n) is 4.72. The first-order valence-electron chi connectivity index (χ1n) is 6.55. The molecular formula is C16H17ClN2O2. The Morgan fingerprint density at radius 1 is 1.24 bits per heavy atom. The second kappa shape index (κ2) is 6.50. The zero-order chi connectivity index (χ0) is 15.4. The van der Waals surface area contributed by atoms with Gasteiger partial charge in [-0.3, -0.25) is 4.79 Å². The number of rotatable bonds is 4. The fraction of sp³-hybridized carbons (Fsp3) is 0.188. The van der Waals surface area contributed by atoms with Crippen LogP contribution in [0.2, 0.25) is 5.02 Å². The van der Waals surface area contributed by atoms with Crippen molar-refractivity contribution in [2.75, 3.05) is 11.1 Å². The summed E-state index contributed by atoms with van der Waals surface area (Å²) >= 11 is 5.80. The third kappa shape index (κ3) is 3.89. The van der Waals surface area contributed by atoms with Crippen molar-refractivity contribution in [2.45, 2.75) is 20.0 Å². The average Bonchev–Trinajstić information content (AvgIpc) is 2.46. The van der Waals surface area contributed by atoms with Crippen LogP contribution in [0.1, 0.15) is 12.5 Å². The van der Waals surface area contributed by atoms with Gasteiger partial charge in [-0.05, 0) is 55.8 Å². The number of ether oxygens (including phenoxy) is 1. The number of hydrogen-bond donors (Lipinski definition) is 2. The van der Waals surface area contributed by atoms with Crippen LogP contribution < -0.4 is 15.8 Å². The number of amides is 1. The largest absolute Gasteiger partial charge is 0.481 e. The molecule has 5 heteroatoms. The predicted octanol–water partition coefficient (Wildman–Crippen LogP) is 3.64. The Bertz CT molecular complexity index is 641. The van der Waals surface area contributed by atoms with Gasteiger partial charge in [0.25, 0.3) is 5.91 Å². The van der Waals surface area contributed by atoms with Gasteiger partial charge in [-0.1, -0.05) is 17.7 Å². The molecule has 1 amide bonds. The van der Waals surface area contributed by atoms with E-state index in [2.05, 4.69) is 5.32 Å². The molecule has 21 heavy (non-hydrogen) atoms. The molecule has 0 fully saturated rings. The molecule has 0 aliphatic rings. The topological polar surface area (TPSA) is 64.3 Å². The van der Waals surface area contributed by atoms with E-state index < -0.39 is 6.10 Å². The maximum absolute atomic E-state index is 12.1. The molecule has 2 aromatic rings. The molecule has 0 aromatic heterocycles. The molecule has 2 rings (SSSR count). The van der Waals surface area contributed by atoms with Crippen LogP contribution in [0.25, 0.3) is 0 Å². The number of carbonyl (C=O) groups is 1. The van der Waals surface area contributed by atoms with Gasteiger partial charge in [-0.15, -0.1) is 0 Å². The van der Waals surface area contributed by atoms with Crippen LogP contribution >= 0.6 is 11.6 Å². The van der Waals surface area contributed by atoms with Crippen molar-refractivity contribution in [3.8, 4) is 5.75 Å². The molecule has 0 aliphatic carbocycles. The quantitative estimate of drug-likeness (QED) is 0.848. The van der Waals surface area contributed by atoms with E-state index in [0.717, 1.165) is 5.56 Å². The molecule has 0 saturated carbocycles. The smallest absolute Gasteiger partial charge is 0.265 e. The van der Waals surface area contributed by atoms with E-state index in [1.54, 1.807) is 49.4 Å². The molecule has 0 spiro atoms. The number of nitrogens with one attached hydrogen (secondary N) is 1. The van der Waals surface area contributed by atoms with Crippen molar-refractivity contribution in [3.05, 3.63) is 53.1 Å². The number of hydrogen-bond acceptors (Lipinski definition) is 3. The fourth-order valence-electron chi connectivity index (χ4n) is 1.79. The predicted molar refractivity (Wildman–Crippen MR) is 85.8 cm³/mol. The number of benzene rings is 2. The average molecular weight is 305 g/mol. The van der Waals surface area contributed by atoms with Gasteiger partial charge in [-0.25, -0.2) is 0 Å². The summed E-state index contributed by atoms with van der Waals surface area (Å²) in [7, 11) is 0. The minimum atomic E-state index is -0.632. The Kier molecular flexibility index (Phi) is 4.70. The lowest BCUT2D eigenvalue weighted by Crippen LogP contribution is -2.30. The Morgan fingerprint density at radius 3 is 2.57 bits per heavy atom. The molecule has 3 N–H and O–H groups in total. The second-order valence-corrected chi connectivity index (χ2v) is 5.16. The number of nitrogen functional groups attached to an aromatic ring is 1. The maximum atomic E-state index is 12.1. The van der Waals surface area contributed by atoms with Crippen LogP contribution in [0.3, 0.4) is 0 Å². The van der Waals surface area contributed by atoms with E-state index in [0.29, 0.717) is 22.1 Å². The van der Waals surface area contributed by atoms with E-state index in [1.165, 1.54) is 0 Å². The summed E-state index contributed by atoms with van der Waals surface area (Å²) in [5.74, 6) is 0.352. The van der Waals surface area contributed by atoms with E-state index in [4.69, 9.17) is 22.1 Å². The van der Waals surface area contributed by atoms with Gasteiger partial charge in [0, 0.05) is 16.4 Å². The summed E-state index contributed by atoms with van der Waals surface area (Å²) in [6.07, 6.45) is -0.632. The molecule has 1 unspecified atom stereocenters. The molecular weight excluding hydrogens is 288 g/mol. The molecule has 110 valence electrons. The van der Waals surface area contributed by atoms with Gasteiger partial charge in [0.05, 0.1) is 0 Å². The third-order valence-corrected chi connectivity index (χ3v) is 3.38. The van der Waals surface area contributed by atoms with E-state index in [-0.39, 0.29) is 5.91 Å². The van der Waals surface area contributed by atoms with Crippen molar-refractivity contribution in [1.29, 1.82) is 0 Å². The highest BCUT2D eigenvalue weighted by Gasteiger charge is 2.16. The molecule has 0 saturated heterocycles. The summed E-state index contributed by atoms with van der Waals surface area (Å²) < 4.78 is 5.57. The zero-order valence-corrected chi connectivity index (χ0v) is 12.6. The fourth-order valence-corrected chi connectivity index (χ4v) is 1.92. The highest BCUT2D eigenvalue weighted by atomic mass is 35.5. The van der Waals surface area contributed by atoms with Gasteiger partial charge >= 0.3 is 0 Å². The molecule has 0 radical (unpaired) electrons. The van der Waals surface area contributed by atoms with Gasteiger partial charge < -0.3 is 15.8 Å². The Morgan fingerprint density at radius 2 is 1.90 bits per heavy atom. The number of nitrogens with two attached hydrogens (primary N) is 1. The standard InChI is InChI=1S/C16H17ClN2O2/c1-10-14(18)4-3-5-15(10)19-16(20)11(2)21-13-8-6-12(17)7-9-13/h3-9,11H,18H2,1-2H3,(H,19,20). The first-order valence-corrected chi connectivity index (χ1v) is 6.93. The number of anilines is 2. The van der Waals surface area contributed by atoms with Crippen molar-refractivity contribution in [1.82, 2.24) is 0 Å². The third-order valence-electron chi connectivity index (χ3n) is 3.13. The number of halogens is 1. The van der Waals surface area contributed by atoms with E-state index in [1.807, 2.05) is 6.92 Å². The summed E-state index contributed by atoms with van der Waals surface area (Å²) in [4.78, 5) is 12.1. The Labute approximate surface area is 128 Å². The molecule has 2 aromatic carbocycles. The lowest BCUT2D eigenvalue weighted by atomic mass is 10.1. The van der Waals surface area contributed by atoms with Crippen LogP contribution in [0, 0.1) is 6.92 Å². The maximum Gasteiger partial charge on any atom is 0.265 e. The summed E-state index contributed by atoms with van der Waals surface area (Å²) in [6.45, 7) is 3.54. The monoisotopic (exact) mass is 304 g/mol. The van der Waals surface area contributed by atoms with Crippen LogP contribution in [0.4, 0.5) is 11.4 Å².